The van der Waals surface area contributed by atoms with Gasteiger partial charge in [0.15, 0.2) is 0 Å². The minimum Gasteiger partial charge on any atom is -0.394 e. The lowest BCUT2D eigenvalue weighted by molar-refractivity contribution is 0.246. The number of anilines is 1. The van der Waals surface area contributed by atoms with E-state index in [1.54, 1.807) is 6.33 Å². The van der Waals surface area contributed by atoms with Crippen molar-refractivity contribution in [1.29, 1.82) is 0 Å². The molecule has 1 spiro atoms. The predicted molar refractivity (Wildman–Crippen MR) is 77.6 cm³/mol. The third-order valence-electron chi connectivity index (χ3n) is 5.10. The largest absolute Gasteiger partial charge is 0.394 e. The molecule has 1 saturated carbocycles. The molecule has 0 bridgehead atoms. The van der Waals surface area contributed by atoms with Gasteiger partial charge in [0.2, 0.25) is 0 Å². The lowest BCUT2D eigenvalue weighted by Crippen LogP contribution is -2.33. The molecule has 1 aliphatic carbocycles. The third-order valence-corrected chi connectivity index (χ3v) is 5.10. The highest BCUT2D eigenvalue weighted by atomic mass is 16.3. The SMILES string of the molecule is OC[C@@H]1CC2(CCCC2)CN1c1ncnc2[nH]ccc12. The predicted octanol–water partition coefficient (Wildman–Crippen LogP) is 2.09. The fraction of sp³-hybridized carbons (Fsp3) is 0.600. The van der Waals surface area contributed by atoms with Crippen molar-refractivity contribution in [2.24, 2.45) is 5.41 Å². The number of aliphatic hydroxyl groups excluding tert-OH is 1. The van der Waals surface area contributed by atoms with E-state index in [2.05, 4.69) is 19.9 Å². The molecule has 1 aliphatic heterocycles. The van der Waals surface area contributed by atoms with Gasteiger partial charge in [0.25, 0.3) is 0 Å². The first-order valence-electron chi connectivity index (χ1n) is 7.47. The highest BCUT2D eigenvalue weighted by Gasteiger charge is 2.45. The quantitative estimate of drug-likeness (QED) is 0.878. The Morgan fingerprint density at radius 2 is 2.20 bits per heavy atom. The van der Waals surface area contributed by atoms with Crippen LogP contribution in [-0.4, -0.2) is 39.3 Å². The molecule has 1 saturated heterocycles. The van der Waals surface area contributed by atoms with E-state index in [9.17, 15) is 5.11 Å². The molecule has 5 heteroatoms. The lowest BCUT2D eigenvalue weighted by Gasteiger charge is -2.25. The Morgan fingerprint density at radius 3 is 3.00 bits per heavy atom. The molecule has 0 aromatic carbocycles. The summed E-state index contributed by atoms with van der Waals surface area (Å²) < 4.78 is 0. The molecular formula is C15H20N4O. The number of aromatic nitrogens is 3. The van der Waals surface area contributed by atoms with Gasteiger partial charge in [-0.15, -0.1) is 0 Å². The summed E-state index contributed by atoms with van der Waals surface area (Å²) in [5.41, 5.74) is 1.28. The fourth-order valence-electron chi connectivity index (χ4n) is 4.15. The number of aliphatic hydroxyl groups is 1. The van der Waals surface area contributed by atoms with Gasteiger partial charge in [-0.1, -0.05) is 12.8 Å². The second kappa shape index (κ2) is 4.45. The van der Waals surface area contributed by atoms with Crippen LogP contribution < -0.4 is 4.90 Å². The van der Waals surface area contributed by atoms with E-state index < -0.39 is 0 Å². The second-order valence-corrected chi connectivity index (χ2v) is 6.31. The van der Waals surface area contributed by atoms with Crippen LogP contribution in [0.4, 0.5) is 5.82 Å². The van der Waals surface area contributed by atoms with Crippen molar-refractivity contribution in [2.75, 3.05) is 18.1 Å². The Hall–Kier alpha value is -1.62. The topological polar surface area (TPSA) is 65.0 Å². The number of hydrogen-bond donors (Lipinski definition) is 2. The Bertz CT molecular complexity index is 617. The summed E-state index contributed by atoms with van der Waals surface area (Å²) in [7, 11) is 0. The van der Waals surface area contributed by atoms with Crippen LogP contribution in [0.25, 0.3) is 11.0 Å². The standard InChI is InChI=1S/C15H20N4O/c20-8-11-7-15(4-1-2-5-15)9-19(11)14-12-3-6-16-13(12)17-10-18-14/h3,6,10-11,20H,1-2,4-5,7-9H2,(H,16,17,18)/t11-/m0/s1. The van der Waals surface area contributed by atoms with Gasteiger partial charge >= 0.3 is 0 Å². The van der Waals surface area contributed by atoms with E-state index in [-0.39, 0.29) is 12.6 Å². The van der Waals surface area contributed by atoms with Gasteiger partial charge in [0.05, 0.1) is 18.0 Å². The zero-order chi connectivity index (χ0) is 13.6. The maximum absolute atomic E-state index is 9.77. The van der Waals surface area contributed by atoms with E-state index >= 15 is 0 Å². The summed E-state index contributed by atoms with van der Waals surface area (Å²) in [5.74, 6) is 0.971. The van der Waals surface area contributed by atoms with E-state index in [1.807, 2.05) is 12.3 Å². The van der Waals surface area contributed by atoms with E-state index in [4.69, 9.17) is 0 Å². The van der Waals surface area contributed by atoms with Gasteiger partial charge in [0, 0.05) is 12.7 Å². The van der Waals surface area contributed by atoms with Gasteiger partial charge in [-0.25, -0.2) is 9.97 Å². The molecular weight excluding hydrogens is 252 g/mol. The van der Waals surface area contributed by atoms with Crippen LogP contribution in [0.1, 0.15) is 32.1 Å². The van der Waals surface area contributed by atoms with Crippen molar-refractivity contribution in [3.63, 3.8) is 0 Å². The van der Waals surface area contributed by atoms with Gasteiger partial charge in [-0.3, -0.25) is 0 Å². The number of nitrogens with zero attached hydrogens (tertiary/aromatic N) is 3. The molecule has 4 rings (SSSR count). The molecule has 2 aromatic rings. The molecule has 20 heavy (non-hydrogen) atoms. The summed E-state index contributed by atoms with van der Waals surface area (Å²) >= 11 is 0. The van der Waals surface area contributed by atoms with Crippen LogP contribution >= 0.6 is 0 Å². The van der Waals surface area contributed by atoms with Crippen LogP contribution in [-0.2, 0) is 0 Å². The number of nitrogens with one attached hydrogen (secondary N) is 1. The summed E-state index contributed by atoms with van der Waals surface area (Å²) in [5, 5.41) is 10.8. The van der Waals surface area contributed by atoms with Crippen molar-refractivity contribution in [1.82, 2.24) is 15.0 Å². The van der Waals surface area contributed by atoms with Crippen molar-refractivity contribution in [3.05, 3.63) is 18.6 Å². The Kier molecular flexibility index (Phi) is 2.70. The maximum Gasteiger partial charge on any atom is 0.142 e. The molecule has 0 unspecified atom stereocenters. The second-order valence-electron chi connectivity index (χ2n) is 6.31. The van der Waals surface area contributed by atoms with E-state index in [0.29, 0.717) is 5.41 Å². The zero-order valence-electron chi connectivity index (χ0n) is 11.5. The summed E-state index contributed by atoms with van der Waals surface area (Å²) in [4.78, 5) is 14.2. The van der Waals surface area contributed by atoms with Gasteiger partial charge < -0.3 is 15.0 Å². The molecule has 0 amide bonds. The van der Waals surface area contributed by atoms with Crippen LogP contribution in [0.2, 0.25) is 0 Å². The molecule has 0 radical (unpaired) electrons. The van der Waals surface area contributed by atoms with Crippen molar-refractivity contribution >= 4 is 16.9 Å². The average molecular weight is 272 g/mol. The molecule has 3 heterocycles. The zero-order valence-corrected chi connectivity index (χ0v) is 11.5. The highest BCUT2D eigenvalue weighted by molar-refractivity contribution is 5.87. The summed E-state index contributed by atoms with van der Waals surface area (Å²) in [6, 6.07) is 2.22. The number of hydrogen-bond acceptors (Lipinski definition) is 4. The first kappa shape index (κ1) is 12.1. The summed E-state index contributed by atoms with van der Waals surface area (Å²) in [6.07, 6.45) is 9.85. The lowest BCUT2D eigenvalue weighted by atomic mass is 9.84. The maximum atomic E-state index is 9.77. The normalized spacial score (nSPS) is 25.1. The van der Waals surface area contributed by atoms with Crippen LogP contribution in [0, 0.1) is 5.41 Å². The molecule has 2 aromatic heterocycles. The number of rotatable bonds is 2. The molecule has 5 nitrogen and oxygen atoms in total. The number of H-pyrrole nitrogens is 1. The molecule has 106 valence electrons. The molecule has 2 aliphatic rings. The van der Waals surface area contributed by atoms with E-state index in [1.165, 1.54) is 25.7 Å². The molecule has 2 fully saturated rings. The van der Waals surface area contributed by atoms with Crippen molar-refractivity contribution in [3.8, 4) is 0 Å². The minimum absolute atomic E-state index is 0.195. The fourth-order valence-corrected chi connectivity index (χ4v) is 4.15. The molecule has 2 N–H and O–H groups in total. The minimum atomic E-state index is 0.195. The highest BCUT2D eigenvalue weighted by Crippen LogP contribution is 2.49. The average Bonchev–Trinajstić information content (AvgIpc) is 3.19. The summed E-state index contributed by atoms with van der Waals surface area (Å²) in [6.45, 7) is 1.23. The van der Waals surface area contributed by atoms with Crippen LogP contribution in [0.3, 0.4) is 0 Å². The first-order valence-corrected chi connectivity index (χ1v) is 7.47. The van der Waals surface area contributed by atoms with Crippen LogP contribution in [0.15, 0.2) is 18.6 Å². The van der Waals surface area contributed by atoms with Gasteiger partial charge in [-0.05, 0) is 30.7 Å². The van der Waals surface area contributed by atoms with Gasteiger partial charge in [0.1, 0.15) is 17.8 Å². The Labute approximate surface area is 118 Å². The van der Waals surface area contributed by atoms with Crippen LogP contribution in [0.5, 0.6) is 0 Å². The smallest absolute Gasteiger partial charge is 0.142 e. The first-order chi connectivity index (χ1) is 9.81. The van der Waals surface area contributed by atoms with Crippen molar-refractivity contribution < 1.29 is 5.11 Å². The number of fused-ring (bicyclic) bond motifs is 1. The Morgan fingerprint density at radius 1 is 1.35 bits per heavy atom. The Balaban J connectivity index is 1.75. The number of aromatic amines is 1. The van der Waals surface area contributed by atoms with Gasteiger partial charge in [-0.2, -0.15) is 0 Å². The van der Waals surface area contributed by atoms with Crippen molar-refractivity contribution in [2.45, 2.75) is 38.1 Å². The monoisotopic (exact) mass is 272 g/mol. The van der Waals surface area contributed by atoms with E-state index in [0.717, 1.165) is 29.8 Å². The third kappa shape index (κ3) is 1.73. The molecule has 1 atom stereocenters.